The van der Waals surface area contributed by atoms with E-state index < -0.39 is 18.8 Å². The molecule has 6 nitrogen and oxygen atoms in total. The van der Waals surface area contributed by atoms with Gasteiger partial charge >= 0.3 is 5.97 Å². The molecule has 0 aliphatic rings. The number of aliphatic hydroxyl groups excluding tert-OH is 4. The molecule has 0 aromatic heterocycles. The number of hydrogen-bond acceptors (Lipinski definition) is 6. The monoisotopic (exact) mass is 436 g/mol. The Morgan fingerprint density at radius 3 is 2.03 bits per heavy atom. The van der Waals surface area contributed by atoms with Crippen LogP contribution in [0.2, 0.25) is 0 Å². The normalized spacial score (nSPS) is 15.6. The number of hydrogen-bond donors (Lipinski definition) is 4. The Kier molecular flexibility index (Phi) is 19.9. The van der Waals surface area contributed by atoms with E-state index in [0.29, 0.717) is 12.8 Å². The van der Waals surface area contributed by atoms with Crippen LogP contribution in [0.1, 0.15) is 58.3 Å². The zero-order chi connectivity index (χ0) is 23.2. The highest BCUT2D eigenvalue weighted by Crippen LogP contribution is 2.08. The van der Waals surface area contributed by atoms with E-state index in [9.17, 15) is 15.0 Å². The lowest BCUT2D eigenvalue weighted by atomic mass is 10.1. The number of allylic oxidation sites excluding steroid dienone is 8. The van der Waals surface area contributed by atoms with Gasteiger partial charge in [-0.3, -0.25) is 4.79 Å². The van der Waals surface area contributed by atoms with Crippen LogP contribution in [0.3, 0.4) is 0 Å². The summed E-state index contributed by atoms with van der Waals surface area (Å²) in [7, 11) is 0. The van der Waals surface area contributed by atoms with Crippen LogP contribution in [0.5, 0.6) is 0 Å². The number of aliphatic hydroxyl groups is 4. The van der Waals surface area contributed by atoms with Gasteiger partial charge in [0.25, 0.3) is 0 Å². The molecule has 4 N–H and O–H groups in total. The van der Waals surface area contributed by atoms with Crippen molar-refractivity contribution in [2.75, 3.05) is 13.2 Å². The van der Waals surface area contributed by atoms with Crippen molar-refractivity contribution in [3.8, 4) is 0 Å². The fourth-order valence-corrected chi connectivity index (χ4v) is 2.39. The molecule has 0 aromatic rings. The third kappa shape index (κ3) is 21.0. The Bertz CT molecular complexity index is 577. The summed E-state index contributed by atoms with van der Waals surface area (Å²) in [6.45, 7) is 1.33. The third-order valence-electron chi connectivity index (χ3n) is 4.32. The van der Waals surface area contributed by atoms with Crippen molar-refractivity contribution >= 4 is 5.97 Å². The topological polar surface area (TPSA) is 107 Å². The molecule has 0 fully saturated rings. The second-order valence-electron chi connectivity index (χ2n) is 7.23. The highest BCUT2D eigenvalue weighted by atomic mass is 16.5. The van der Waals surface area contributed by atoms with Crippen LogP contribution >= 0.6 is 0 Å². The molecule has 0 saturated heterocycles. The fraction of sp³-hybridized carbons (Fsp3) is 0.560. The molecule has 0 aliphatic carbocycles. The Morgan fingerprint density at radius 2 is 1.45 bits per heavy atom. The van der Waals surface area contributed by atoms with Crippen LogP contribution in [0.15, 0.2) is 60.8 Å². The van der Waals surface area contributed by atoms with Crippen LogP contribution in [-0.4, -0.2) is 57.9 Å². The van der Waals surface area contributed by atoms with Crippen LogP contribution in [0.25, 0.3) is 0 Å². The molecule has 0 bridgehead atoms. The molecule has 6 heteroatoms. The van der Waals surface area contributed by atoms with Gasteiger partial charge in [-0.05, 0) is 32.1 Å². The number of unbranched alkanes of at least 4 members (excludes halogenated alkanes) is 2. The van der Waals surface area contributed by atoms with E-state index >= 15 is 0 Å². The largest absolute Gasteiger partial charge is 0.463 e. The molecule has 176 valence electrons. The van der Waals surface area contributed by atoms with Gasteiger partial charge in [0.05, 0.1) is 18.8 Å². The Hall–Kier alpha value is -1.99. The average Bonchev–Trinajstić information content (AvgIpc) is 2.77. The molecule has 3 unspecified atom stereocenters. The minimum atomic E-state index is -1.02. The maximum Gasteiger partial charge on any atom is 0.305 e. The van der Waals surface area contributed by atoms with E-state index in [1.807, 2.05) is 43.4 Å². The standard InChI is InChI=1S/C25H40O6/c1-2-22(27)16-12-9-7-5-3-4-6-8-10-13-17-23(28)18-14-11-15-19-25(30)31-21-24(29)20-26/h3-4,7-10,12-13,16-17,22-24,26-29H,2,5-6,11,14-15,18-21H2,1H3/b4-3-,9-7-,10-8-,16-12+,17-13+. The van der Waals surface area contributed by atoms with Gasteiger partial charge in [0.2, 0.25) is 0 Å². The van der Waals surface area contributed by atoms with Gasteiger partial charge in [0.15, 0.2) is 0 Å². The first-order valence-electron chi connectivity index (χ1n) is 11.1. The third-order valence-corrected chi connectivity index (χ3v) is 4.32. The summed E-state index contributed by atoms with van der Waals surface area (Å²) >= 11 is 0. The van der Waals surface area contributed by atoms with Crippen molar-refractivity contribution in [1.82, 2.24) is 0 Å². The molecule has 0 aliphatic heterocycles. The lowest BCUT2D eigenvalue weighted by molar-refractivity contribution is -0.147. The summed E-state index contributed by atoms with van der Waals surface area (Å²) < 4.78 is 4.82. The highest BCUT2D eigenvalue weighted by molar-refractivity contribution is 5.69. The molecule has 31 heavy (non-hydrogen) atoms. The Balaban J connectivity index is 3.71. The summed E-state index contributed by atoms with van der Waals surface area (Å²) in [6.07, 6.45) is 23.0. The number of rotatable bonds is 18. The summed E-state index contributed by atoms with van der Waals surface area (Å²) in [5, 5.41) is 37.0. The van der Waals surface area contributed by atoms with Crippen molar-refractivity contribution in [3.05, 3.63) is 60.8 Å². The van der Waals surface area contributed by atoms with Gasteiger partial charge in [0.1, 0.15) is 12.7 Å². The first-order valence-corrected chi connectivity index (χ1v) is 11.1. The molecule has 0 amide bonds. The first-order chi connectivity index (χ1) is 15.0. The summed E-state index contributed by atoms with van der Waals surface area (Å²) in [4.78, 5) is 11.4. The van der Waals surface area contributed by atoms with Gasteiger partial charge < -0.3 is 25.2 Å². The molecule has 0 saturated carbocycles. The minimum Gasteiger partial charge on any atom is -0.463 e. The molecule has 0 aromatic carbocycles. The lowest BCUT2D eigenvalue weighted by Crippen LogP contribution is -2.21. The fourth-order valence-electron chi connectivity index (χ4n) is 2.39. The van der Waals surface area contributed by atoms with E-state index in [2.05, 4.69) is 12.2 Å². The number of carbonyl (C=O) groups excluding carboxylic acids is 1. The summed E-state index contributed by atoms with van der Waals surface area (Å²) in [5.41, 5.74) is 0. The number of carbonyl (C=O) groups is 1. The predicted octanol–water partition coefficient (Wildman–Crippen LogP) is 3.53. The average molecular weight is 437 g/mol. The Morgan fingerprint density at radius 1 is 0.839 bits per heavy atom. The van der Waals surface area contributed by atoms with Crippen molar-refractivity contribution in [3.63, 3.8) is 0 Å². The Labute approximate surface area is 187 Å². The summed E-state index contributed by atoms with van der Waals surface area (Å²) in [6, 6.07) is 0. The maximum absolute atomic E-state index is 11.4. The van der Waals surface area contributed by atoms with E-state index in [1.54, 1.807) is 12.2 Å². The van der Waals surface area contributed by atoms with Crippen LogP contribution in [-0.2, 0) is 9.53 Å². The van der Waals surface area contributed by atoms with Gasteiger partial charge in [0, 0.05) is 6.42 Å². The van der Waals surface area contributed by atoms with E-state index in [-0.39, 0.29) is 25.1 Å². The van der Waals surface area contributed by atoms with Crippen molar-refractivity contribution in [2.45, 2.75) is 76.6 Å². The van der Waals surface area contributed by atoms with Crippen LogP contribution < -0.4 is 0 Å². The van der Waals surface area contributed by atoms with Gasteiger partial charge in [-0.1, -0.05) is 80.5 Å². The molecule has 0 heterocycles. The highest BCUT2D eigenvalue weighted by Gasteiger charge is 2.07. The molecule has 0 radical (unpaired) electrons. The van der Waals surface area contributed by atoms with E-state index in [1.165, 1.54) is 0 Å². The predicted molar refractivity (Wildman–Crippen MR) is 124 cm³/mol. The van der Waals surface area contributed by atoms with E-state index in [0.717, 1.165) is 32.1 Å². The van der Waals surface area contributed by atoms with Crippen molar-refractivity contribution in [2.24, 2.45) is 0 Å². The second kappa shape index (κ2) is 21.2. The second-order valence-corrected chi connectivity index (χ2v) is 7.23. The van der Waals surface area contributed by atoms with Gasteiger partial charge in [-0.2, -0.15) is 0 Å². The molecule has 0 rings (SSSR count). The maximum atomic E-state index is 11.4. The van der Waals surface area contributed by atoms with Crippen LogP contribution in [0.4, 0.5) is 0 Å². The molecule has 3 atom stereocenters. The van der Waals surface area contributed by atoms with Crippen molar-refractivity contribution < 1.29 is 30.0 Å². The summed E-state index contributed by atoms with van der Waals surface area (Å²) in [5.74, 6) is -0.383. The smallest absolute Gasteiger partial charge is 0.305 e. The molecular formula is C25H40O6. The first kappa shape index (κ1) is 29.0. The van der Waals surface area contributed by atoms with Crippen molar-refractivity contribution in [1.29, 1.82) is 0 Å². The molecule has 0 spiro atoms. The van der Waals surface area contributed by atoms with Crippen LogP contribution in [0, 0.1) is 0 Å². The quantitative estimate of drug-likeness (QED) is 0.113. The minimum absolute atomic E-state index is 0.179. The molecular weight excluding hydrogens is 396 g/mol. The zero-order valence-electron chi connectivity index (χ0n) is 18.7. The number of esters is 1. The number of ether oxygens (including phenoxy) is 1. The zero-order valence-corrected chi connectivity index (χ0v) is 18.7. The SMILES string of the molecule is CCC(O)/C=C/C=C\C/C=C\C/C=C\C=C\C(O)CCCCCC(=O)OCC(O)CO. The van der Waals surface area contributed by atoms with Gasteiger partial charge in [-0.15, -0.1) is 0 Å². The van der Waals surface area contributed by atoms with Gasteiger partial charge in [-0.25, -0.2) is 0 Å². The van der Waals surface area contributed by atoms with E-state index in [4.69, 9.17) is 14.9 Å². The lowest BCUT2D eigenvalue weighted by Gasteiger charge is -2.08.